The molecule has 3 rings (SSSR count). The molecule has 0 radical (unpaired) electrons. The Hall–Kier alpha value is -1.88. The molecule has 2 aromatic heterocycles. The first-order chi connectivity index (χ1) is 9.15. The number of nitrogens with zero attached hydrogens (tertiary/aromatic N) is 2. The first-order valence-corrected chi connectivity index (χ1v) is 6.51. The number of carboxylic acids is 1. The Balaban J connectivity index is 1.64. The predicted molar refractivity (Wildman–Crippen MR) is 71.7 cm³/mol. The summed E-state index contributed by atoms with van der Waals surface area (Å²) in [7, 11) is 0. The molecule has 0 spiro atoms. The van der Waals surface area contributed by atoms with Gasteiger partial charge in [-0.15, -0.1) is 0 Å². The van der Waals surface area contributed by atoms with Gasteiger partial charge < -0.3 is 10.1 Å². The van der Waals surface area contributed by atoms with Crippen molar-refractivity contribution in [3.8, 4) is 0 Å². The highest BCUT2D eigenvalue weighted by atomic mass is 16.4. The summed E-state index contributed by atoms with van der Waals surface area (Å²) < 4.78 is 0. The second kappa shape index (κ2) is 4.66. The average Bonchev–Trinajstić information content (AvgIpc) is 2.75. The second-order valence-electron chi connectivity index (χ2n) is 5.29. The van der Waals surface area contributed by atoms with Gasteiger partial charge in [-0.25, -0.2) is 4.98 Å². The van der Waals surface area contributed by atoms with Crippen LogP contribution in [0.25, 0.3) is 11.0 Å². The Morgan fingerprint density at radius 3 is 3.16 bits per heavy atom. The van der Waals surface area contributed by atoms with Crippen LogP contribution in [-0.2, 0) is 11.3 Å². The van der Waals surface area contributed by atoms with Crippen LogP contribution in [0.2, 0.25) is 0 Å². The van der Waals surface area contributed by atoms with Crippen molar-refractivity contribution in [3.05, 3.63) is 30.1 Å². The molecular weight excluding hydrogens is 242 g/mol. The van der Waals surface area contributed by atoms with E-state index in [1.165, 1.54) is 5.56 Å². The van der Waals surface area contributed by atoms with Gasteiger partial charge in [0.05, 0.1) is 5.92 Å². The van der Waals surface area contributed by atoms with Crippen LogP contribution >= 0.6 is 0 Å². The molecule has 100 valence electrons. The minimum absolute atomic E-state index is 0.249. The third-order valence-electron chi connectivity index (χ3n) is 4.01. The molecule has 0 aliphatic carbocycles. The van der Waals surface area contributed by atoms with Crippen LogP contribution < -0.4 is 0 Å². The topological polar surface area (TPSA) is 69.2 Å². The van der Waals surface area contributed by atoms with Gasteiger partial charge in [0.2, 0.25) is 0 Å². The molecule has 1 fully saturated rings. The van der Waals surface area contributed by atoms with Crippen molar-refractivity contribution in [1.29, 1.82) is 0 Å². The quantitative estimate of drug-likeness (QED) is 0.877. The fourth-order valence-corrected chi connectivity index (χ4v) is 2.64. The Morgan fingerprint density at radius 1 is 1.63 bits per heavy atom. The van der Waals surface area contributed by atoms with Crippen molar-refractivity contribution in [1.82, 2.24) is 14.9 Å². The van der Waals surface area contributed by atoms with E-state index in [1.54, 1.807) is 13.1 Å². The number of nitrogens with one attached hydrogen (secondary N) is 1. The number of H-pyrrole nitrogens is 1. The summed E-state index contributed by atoms with van der Waals surface area (Å²) in [5.41, 5.74) is 2.14. The monoisotopic (exact) mass is 259 g/mol. The third-order valence-corrected chi connectivity index (χ3v) is 4.01. The zero-order chi connectivity index (χ0) is 13.4. The predicted octanol–water partition coefficient (Wildman–Crippen LogP) is 1.72. The summed E-state index contributed by atoms with van der Waals surface area (Å²) in [4.78, 5) is 20.6. The molecule has 1 atom stereocenters. The average molecular weight is 259 g/mol. The molecule has 0 aromatic carbocycles. The maximum absolute atomic E-state index is 10.9. The van der Waals surface area contributed by atoms with Crippen molar-refractivity contribution in [3.63, 3.8) is 0 Å². The number of hydrogen-bond donors (Lipinski definition) is 2. The lowest BCUT2D eigenvalue weighted by Gasteiger charge is -2.41. The lowest BCUT2D eigenvalue weighted by atomic mass is 9.87. The summed E-state index contributed by atoms with van der Waals surface area (Å²) in [6.45, 7) is 4.37. The fourth-order valence-electron chi connectivity index (χ4n) is 2.64. The van der Waals surface area contributed by atoms with Crippen LogP contribution in [0.1, 0.15) is 12.5 Å². The van der Waals surface area contributed by atoms with E-state index in [0.717, 1.165) is 30.7 Å². The molecule has 1 aliphatic heterocycles. The first kappa shape index (κ1) is 12.2. The molecule has 5 nitrogen and oxygen atoms in total. The largest absolute Gasteiger partial charge is 0.481 e. The number of pyridine rings is 1. The fraction of sp³-hybridized carbons (Fsp3) is 0.429. The van der Waals surface area contributed by atoms with Gasteiger partial charge >= 0.3 is 5.97 Å². The van der Waals surface area contributed by atoms with Gasteiger partial charge in [-0.05, 0) is 23.6 Å². The summed E-state index contributed by atoms with van der Waals surface area (Å²) in [6, 6.07) is 4.00. The molecule has 1 unspecified atom stereocenters. The Bertz CT molecular complexity index is 602. The van der Waals surface area contributed by atoms with Crippen molar-refractivity contribution in [2.24, 2.45) is 11.8 Å². The first-order valence-electron chi connectivity index (χ1n) is 6.51. The Morgan fingerprint density at radius 2 is 2.42 bits per heavy atom. The van der Waals surface area contributed by atoms with E-state index in [4.69, 9.17) is 5.11 Å². The standard InChI is InChI=1S/C14H17N3O2/c1-9(14(18)19)11-7-17(8-11)6-10-5-16-13-12(10)3-2-4-15-13/h2-5,9,11H,6-8H2,1H3,(H,15,16)(H,18,19). The number of carbonyl (C=O) groups is 1. The zero-order valence-electron chi connectivity index (χ0n) is 10.8. The number of carboxylic acid groups (broad SMARTS) is 1. The summed E-state index contributed by atoms with van der Waals surface area (Å²) >= 11 is 0. The molecule has 0 saturated carbocycles. The number of aromatic nitrogens is 2. The number of aliphatic carboxylic acids is 1. The van der Waals surface area contributed by atoms with Gasteiger partial charge in [0.1, 0.15) is 5.65 Å². The number of likely N-dealkylation sites (tertiary alicyclic amines) is 1. The summed E-state index contributed by atoms with van der Waals surface area (Å²) in [5, 5.41) is 10.1. The van der Waals surface area contributed by atoms with Crippen molar-refractivity contribution in [2.45, 2.75) is 13.5 Å². The van der Waals surface area contributed by atoms with Crippen molar-refractivity contribution >= 4 is 17.0 Å². The van der Waals surface area contributed by atoms with E-state index in [1.807, 2.05) is 12.3 Å². The lowest BCUT2D eigenvalue weighted by molar-refractivity contribution is -0.145. The van der Waals surface area contributed by atoms with Crippen molar-refractivity contribution < 1.29 is 9.90 Å². The Labute approximate surface area is 111 Å². The second-order valence-corrected chi connectivity index (χ2v) is 5.29. The number of hydrogen-bond acceptors (Lipinski definition) is 3. The minimum atomic E-state index is -0.694. The van der Waals surface area contributed by atoms with Crippen LogP contribution in [0.4, 0.5) is 0 Å². The molecule has 5 heteroatoms. The molecule has 2 aromatic rings. The smallest absolute Gasteiger partial charge is 0.306 e. The van der Waals surface area contributed by atoms with Crippen LogP contribution in [0.15, 0.2) is 24.5 Å². The van der Waals surface area contributed by atoms with Gasteiger partial charge in [-0.2, -0.15) is 0 Å². The van der Waals surface area contributed by atoms with Crippen molar-refractivity contribution in [2.75, 3.05) is 13.1 Å². The zero-order valence-corrected chi connectivity index (χ0v) is 10.8. The molecular formula is C14H17N3O2. The normalized spacial score (nSPS) is 18.4. The highest BCUT2D eigenvalue weighted by molar-refractivity contribution is 5.79. The van der Waals surface area contributed by atoms with E-state index >= 15 is 0 Å². The number of fused-ring (bicyclic) bond motifs is 1. The van der Waals surface area contributed by atoms with Crippen LogP contribution in [-0.4, -0.2) is 39.0 Å². The van der Waals surface area contributed by atoms with Crippen LogP contribution in [0.3, 0.4) is 0 Å². The van der Waals surface area contributed by atoms with E-state index in [2.05, 4.69) is 20.9 Å². The maximum Gasteiger partial charge on any atom is 0.306 e. The lowest BCUT2D eigenvalue weighted by Crippen LogP contribution is -2.50. The minimum Gasteiger partial charge on any atom is -0.481 e. The number of aromatic amines is 1. The summed E-state index contributed by atoms with van der Waals surface area (Å²) in [5.74, 6) is -0.664. The molecule has 2 N–H and O–H groups in total. The third kappa shape index (κ3) is 2.21. The van der Waals surface area contributed by atoms with E-state index in [9.17, 15) is 4.79 Å². The molecule has 19 heavy (non-hydrogen) atoms. The highest BCUT2D eigenvalue weighted by Crippen LogP contribution is 2.27. The Kier molecular flexibility index (Phi) is 2.98. The highest BCUT2D eigenvalue weighted by Gasteiger charge is 2.34. The van der Waals surface area contributed by atoms with E-state index in [-0.39, 0.29) is 11.8 Å². The molecule has 0 amide bonds. The van der Waals surface area contributed by atoms with E-state index in [0.29, 0.717) is 0 Å². The van der Waals surface area contributed by atoms with Gasteiger partial charge in [0.15, 0.2) is 0 Å². The van der Waals surface area contributed by atoms with Gasteiger partial charge in [0, 0.05) is 37.4 Å². The molecule has 0 bridgehead atoms. The van der Waals surface area contributed by atoms with Crippen LogP contribution in [0, 0.1) is 11.8 Å². The SMILES string of the molecule is CC(C(=O)O)C1CN(Cc2c[nH]c3ncccc23)C1. The molecule has 1 aliphatic rings. The van der Waals surface area contributed by atoms with Gasteiger partial charge in [-0.1, -0.05) is 6.92 Å². The molecule has 3 heterocycles. The maximum atomic E-state index is 10.9. The van der Waals surface area contributed by atoms with Gasteiger partial charge in [0.25, 0.3) is 0 Å². The van der Waals surface area contributed by atoms with E-state index < -0.39 is 5.97 Å². The number of rotatable bonds is 4. The molecule has 1 saturated heterocycles. The van der Waals surface area contributed by atoms with Gasteiger partial charge in [-0.3, -0.25) is 9.69 Å². The van der Waals surface area contributed by atoms with Crippen LogP contribution in [0.5, 0.6) is 0 Å². The summed E-state index contributed by atoms with van der Waals surface area (Å²) in [6.07, 6.45) is 3.77.